The molecule has 0 radical (unpaired) electrons. The number of aromatic nitrogens is 2. The fourth-order valence-corrected chi connectivity index (χ4v) is 2.89. The Hall–Kier alpha value is -1.36. The first-order chi connectivity index (χ1) is 10.7. The molecule has 3 atom stereocenters. The van der Waals surface area contributed by atoms with Crippen molar-refractivity contribution in [2.45, 2.75) is 51.2 Å². The third kappa shape index (κ3) is 4.09. The fourth-order valence-electron chi connectivity index (χ4n) is 2.77. The summed E-state index contributed by atoms with van der Waals surface area (Å²) in [5, 5.41) is 0.741. The lowest BCUT2D eigenvalue weighted by atomic mass is 10.1. The highest BCUT2D eigenvalue weighted by Crippen LogP contribution is 2.27. The Labute approximate surface area is 136 Å². The first-order valence-electron chi connectivity index (χ1n) is 7.73. The summed E-state index contributed by atoms with van der Waals surface area (Å²) in [6.07, 6.45) is 8.74. The summed E-state index contributed by atoms with van der Waals surface area (Å²) in [4.78, 5) is 4.07. The lowest BCUT2D eigenvalue weighted by Gasteiger charge is -2.32. The van der Waals surface area contributed by atoms with E-state index in [9.17, 15) is 0 Å². The van der Waals surface area contributed by atoms with Crippen LogP contribution in [0.5, 0.6) is 0 Å². The lowest BCUT2D eigenvalue weighted by Crippen LogP contribution is -2.33. The van der Waals surface area contributed by atoms with Gasteiger partial charge < -0.3 is 14.0 Å². The largest absolute Gasteiger partial charge is 0.348 e. The quantitative estimate of drug-likeness (QED) is 0.828. The molecule has 3 rings (SSSR count). The second-order valence-electron chi connectivity index (χ2n) is 5.71. The number of ether oxygens (including phenoxy) is 2. The van der Waals surface area contributed by atoms with Crippen molar-refractivity contribution in [2.24, 2.45) is 0 Å². The molecule has 22 heavy (non-hydrogen) atoms. The molecule has 1 aromatic carbocycles. The second kappa shape index (κ2) is 7.27. The molecule has 2 aromatic rings. The van der Waals surface area contributed by atoms with Crippen LogP contribution in [0, 0.1) is 0 Å². The molecule has 118 valence electrons. The predicted molar refractivity (Wildman–Crippen MR) is 85.7 cm³/mol. The molecule has 1 fully saturated rings. The zero-order valence-corrected chi connectivity index (χ0v) is 13.4. The van der Waals surface area contributed by atoms with E-state index in [-0.39, 0.29) is 18.5 Å². The van der Waals surface area contributed by atoms with Crippen LogP contribution in [-0.2, 0) is 16.0 Å². The van der Waals surface area contributed by atoms with Crippen LogP contribution in [0.2, 0.25) is 5.02 Å². The van der Waals surface area contributed by atoms with Gasteiger partial charge in [-0.25, -0.2) is 4.98 Å². The standard InChI is InChI=1S/C17H21ClN2O2/c1-13(14-5-7-15(18)8-6-14)21-17-4-2-3-16(22-17)11-20-10-9-19-12-20/h5-10,12-13,16-17H,2-4,11H2,1H3. The molecule has 2 heterocycles. The van der Waals surface area contributed by atoms with Gasteiger partial charge in [0, 0.05) is 24.0 Å². The van der Waals surface area contributed by atoms with Crippen LogP contribution >= 0.6 is 11.6 Å². The van der Waals surface area contributed by atoms with Gasteiger partial charge in [-0.15, -0.1) is 0 Å². The van der Waals surface area contributed by atoms with Crippen LogP contribution in [0.3, 0.4) is 0 Å². The number of imidazole rings is 1. The highest BCUT2D eigenvalue weighted by Gasteiger charge is 2.25. The van der Waals surface area contributed by atoms with Gasteiger partial charge in [0.05, 0.1) is 18.5 Å². The summed E-state index contributed by atoms with van der Waals surface area (Å²) in [7, 11) is 0. The Bertz CT molecular complexity index is 571. The van der Waals surface area contributed by atoms with E-state index in [2.05, 4.69) is 9.55 Å². The first kappa shape index (κ1) is 15.5. The van der Waals surface area contributed by atoms with E-state index in [1.807, 2.05) is 43.7 Å². The van der Waals surface area contributed by atoms with Gasteiger partial charge in [-0.1, -0.05) is 23.7 Å². The molecule has 0 saturated carbocycles. The van der Waals surface area contributed by atoms with Crippen LogP contribution in [0.25, 0.3) is 0 Å². The Morgan fingerprint density at radius 2 is 2.18 bits per heavy atom. The summed E-state index contributed by atoms with van der Waals surface area (Å²) >= 11 is 5.92. The van der Waals surface area contributed by atoms with Crippen molar-refractivity contribution >= 4 is 11.6 Å². The number of nitrogens with zero attached hydrogens (tertiary/aromatic N) is 2. The molecule has 0 aliphatic carbocycles. The van der Waals surface area contributed by atoms with E-state index < -0.39 is 0 Å². The molecule has 5 heteroatoms. The van der Waals surface area contributed by atoms with Crippen LogP contribution in [0.4, 0.5) is 0 Å². The van der Waals surface area contributed by atoms with Crippen LogP contribution < -0.4 is 0 Å². The van der Waals surface area contributed by atoms with Gasteiger partial charge in [0.2, 0.25) is 0 Å². The molecule has 0 bridgehead atoms. The molecule has 0 spiro atoms. The van der Waals surface area contributed by atoms with E-state index in [0.29, 0.717) is 0 Å². The van der Waals surface area contributed by atoms with Gasteiger partial charge in [0.1, 0.15) is 0 Å². The van der Waals surface area contributed by atoms with Gasteiger partial charge in [-0.05, 0) is 43.9 Å². The Kier molecular flexibility index (Phi) is 5.13. The highest BCUT2D eigenvalue weighted by atomic mass is 35.5. The molecule has 1 aliphatic rings. The van der Waals surface area contributed by atoms with E-state index in [1.54, 1.807) is 6.20 Å². The second-order valence-corrected chi connectivity index (χ2v) is 6.14. The minimum absolute atomic E-state index is 0.00531. The SMILES string of the molecule is CC(OC1CCCC(Cn2ccnc2)O1)c1ccc(Cl)cc1. The van der Waals surface area contributed by atoms with Gasteiger partial charge in [0.25, 0.3) is 0 Å². The molecule has 1 saturated heterocycles. The molecule has 1 aliphatic heterocycles. The number of hydrogen-bond donors (Lipinski definition) is 0. The van der Waals surface area contributed by atoms with Crippen LogP contribution in [0.15, 0.2) is 43.0 Å². The molecule has 0 amide bonds. The zero-order valence-electron chi connectivity index (χ0n) is 12.7. The minimum Gasteiger partial charge on any atom is -0.348 e. The molecule has 0 N–H and O–H groups in total. The van der Waals surface area contributed by atoms with Crippen molar-refractivity contribution in [3.05, 3.63) is 53.6 Å². The van der Waals surface area contributed by atoms with Crippen LogP contribution in [-0.4, -0.2) is 21.9 Å². The highest BCUT2D eigenvalue weighted by molar-refractivity contribution is 6.30. The van der Waals surface area contributed by atoms with Crippen molar-refractivity contribution in [1.29, 1.82) is 0 Å². The third-order valence-electron chi connectivity index (χ3n) is 3.98. The number of halogens is 1. The van der Waals surface area contributed by atoms with Gasteiger partial charge >= 0.3 is 0 Å². The van der Waals surface area contributed by atoms with Crippen LogP contribution in [0.1, 0.15) is 37.9 Å². The number of rotatable bonds is 5. The van der Waals surface area contributed by atoms with Crippen molar-refractivity contribution < 1.29 is 9.47 Å². The summed E-state index contributed by atoms with van der Waals surface area (Å²) in [5.41, 5.74) is 1.12. The van der Waals surface area contributed by atoms with Crippen molar-refractivity contribution in [2.75, 3.05) is 0 Å². The van der Waals surface area contributed by atoms with Gasteiger partial charge in [-0.3, -0.25) is 0 Å². The average Bonchev–Trinajstić information content (AvgIpc) is 3.01. The van der Waals surface area contributed by atoms with Crippen molar-refractivity contribution in [1.82, 2.24) is 9.55 Å². The zero-order chi connectivity index (χ0) is 15.4. The van der Waals surface area contributed by atoms with E-state index in [0.717, 1.165) is 36.4 Å². The minimum atomic E-state index is -0.145. The van der Waals surface area contributed by atoms with Crippen molar-refractivity contribution in [3.63, 3.8) is 0 Å². The normalized spacial score (nSPS) is 23.4. The predicted octanol–water partition coefficient (Wildman–Crippen LogP) is 4.21. The third-order valence-corrected chi connectivity index (χ3v) is 4.23. The van der Waals surface area contributed by atoms with Crippen molar-refractivity contribution in [3.8, 4) is 0 Å². The smallest absolute Gasteiger partial charge is 0.158 e. The monoisotopic (exact) mass is 320 g/mol. The van der Waals surface area contributed by atoms with Gasteiger partial charge in [-0.2, -0.15) is 0 Å². The van der Waals surface area contributed by atoms with E-state index in [4.69, 9.17) is 21.1 Å². The lowest BCUT2D eigenvalue weighted by molar-refractivity contribution is -0.215. The topological polar surface area (TPSA) is 36.3 Å². The summed E-state index contributed by atoms with van der Waals surface area (Å²) in [5.74, 6) is 0. The first-order valence-corrected chi connectivity index (χ1v) is 8.10. The maximum atomic E-state index is 6.08. The van der Waals surface area contributed by atoms with E-state index in [1.165, 1.54) is 0 Å². The average molecular weight is 321 g/mol. The summed E-state index contributed by atoms with van der Waals surface area (Å²) < 4.78 is 14.2. The Morgan fingerprint density at radius 1 is 1.36 bits per heavy atom. The molecular weight excluding hydrogens is 300 g/mol. The molecule has 1 aromatic heterocycles. The fraction of sp³-hybridized carbons (Fsp3) is 0.471. The molecule has 4 nitrogen and oxygen atoms in total. The summed E-state index contributed by atoms with van der Waals surface area (Å²) in [6.45, 7) is 2.88. The van der Waals surface area contributed by atoms with E-state index >= 15 is 0 Å². The number of benzene rings is 1. The summed E-state index contributed by atoms with van der Waals surface area (Å²) in [6, 6.07) is 7.78. The maximum absolute atomic E-state index is 6.08. The maximum Gasteiger partial charge on any atom is 0.158 e. The molecule has 3 unspecified atom stereocenters. The molecular formula is C17H21ClN2O2. The van der Waals surface area contributed by atoms with Gasteiger partial charge in [0.15, 0.2) is 6.29 Å². The Balaban J connectivity index is 1.54. The number of hydrogen-bond acceptors (Lipinski definition) is 3. The Morgan fingerprint density at radius 3 is 2.91 bits per heavy atom.